The Bertz CT molecular complexity index is 1170. The highest BCUT2D eigenvalue weighted by Crippen LogP contribution is 2.33. The van der Waals surface area contributed by atoms with E-state index in [0.717, 1.165) is 12.8 Å². The molecule has 178 valence electrons. The van der Waals surface area contributed by atoms with Crippen molar-refractivity contribution in [3.8, 4) is 17.9 Å². The van der Waals surface area contributed by atoms with Gasteiger partial charge in [0.05, 0.1) is 20.2 Å². The van der Waals surface area contributed by atoms with E-state index >= 15 is 0 Å². The molecule has 3 heterocycles. The van der Waals surface area contributed by atoms with Crippen LogP contribution in [0.15, 0.2) is 4.79 Å². The van der Waals surface area contributed by atoms with Crippen LogP contribution in [-0.2, 0) is 22.6 Å². The summed E-state index contributed by atoms with van der Waals surface area (Å²) in [5.74, 6) is 3.78. The predicted molar refractivity (Wildman–Crippen MR) is 111 cm³/mol. The van der Waals surface area contributed by atoms with E-state index < -0.39 is 18.4 Å². The van der Waals surface area contributed by atoms with E-state index in [1.807, 2.05) is 0 Å². The number of aromatic nitrogens is 4. The highest BCUT2D eigenvalue weighted by Gasteiger charge is 2.44. The maximum absolute atomic E-state index is 13.3. The van der Waals surface area contributed by atoms with Crippen molar-refractivity contribution in [3.05, 3.63) is 10.5 Å². The average molecular weight is 468 g/mol. The van der Waals surface area contributed by atoms with Crippen LogP contribution in [0.5, 0.6) is 6.01 Å². The molecule has 4 rings (SSSR count). The molecule has 33 heavy (non-hydrogen) atoms. The van der Waals surface area contributed by atoms with Gasteiger partial charge in [0.25, 0.3) is 0 Å². The maximum atomic E-state index is 13.3. The third-order valence-corrected chi connectivity index (χ3v) is 5.49. The molecular weight excluding hydrogens is 445 g/mol. The Labute approximate surface area is 186 Å². The van der Waals surface area contributed by atoms with Gasteiger partial charge in [0.2, 0.25) is 0 Å². The number of piperazine rings is 1. The predicted octanol–water partition coefficient (Wildman–Crippen LogP) is 0.876. The van der Waals surface area contributed by atoms with Crippen LogP contribution >= 0.6 is 0 Å². The Morgan fingerprint density at radius 2 is 2.03 bits per heavy atom. The number of anilines is 1. The Kier molecular flexibility index (Phi) is 6.20. The Morgan fingerprint density at radius 3 is 2.67 bits per heavy atom. The second kappa shape index (κ2) is 8.93. The molecule has 10 nitrogen and oxygen atoms in total. The lowest BCUT2D eigenvalue weighted by Crippen LogP contribution is -2.54. The molecule has 1 N–H and O–H groups in total. The fourth-order valence-electron chi connectivity index (χ4n) is 3.71. The minimum absolute atomic E-state index is 0.0469. The van der Waals surface area contributed by atoms with Crippen LogP contribution in [0.25, 0.3) is 11.2 Å². The number of methoxy groups -OCH3 is 1. The number of carbonyl (C=O) groups excluding carboxylic acids is 1. The molecule has 1 unspecified atom stereocenters. The van der Waals surface area contributed by atoms with E-state index in [-0.39, 0.29) is 37.2 Å². The number of esters is 1. The van der Waals surface area contributed by atoms with Gasteiger partial charge in [-0.05, 0) is 25.7 Å². The summed E-state index contributed by atoms with van der Waals surface area (Å²) in [7, 11) is 1.35. The molecule has 0 aromatic carbocycles. The largest absolute Gasteiger partial charge is 0.491 e. The molecule has 0 spiro atoms. The number of rotatable bonds is 6. The van der Waals surface area contributed by atoms with Crippen LogP contribution in [0, 0.1) is 17.8 Å². The van der Waals surface area contributed by atoms with Crippen LogP contribution in [-0.4, -0.2) is 64.2 Å². The zero-order valence-corrected chi connectivity index (χ0v) is 18.1. The number of nitrogens with zero attached hydrogens (tertiary/aromatic N) is 5. The standard InChI is InChI=1S/C20H23F3N6O4/c1-3-4-8-28-14-15(27-9-7-24-10-13(27)33-17(30)20(21,22)23)25-18(32-2)26-16(14)29(19(28)31)11-12-5-6-12/h12-13,24H,5-11H2,1-2H3. The monoisotopic (exact) mass is 468 g/mol. The fraction of sp³-hybridized carbons (Fsp3) is 0.600. The highest BCUT2D eigenvalue weighted by molar-refractivity contribution is 5.85. The number of halogens is 3. The van der Waals surface area contributed by atoms with E-state index in [0.29, 0.717) is 30.2 Å². The molecule has 2 aliphatic rings. The number of carbonyl (C=O) groups is 1. The van der Waals surface area contributed by atoms with Gasteiger partial charge in [-0.1, -0.05) is 5.92 Å². The third-order valence-electron chi connectivity index (χ3n) is 5.49. The van der Waals surface area contributed by atoms with Gasteiger partial charge < -0.3 is 19.7 Å². The van der Waals surface area contributed by atoms with Crippen LogP contribution in [0.2, 0.25) is 0 Å². The first-order valence-electron chi connectivity index (χ1n) is 10.4. The van der Waals surface area contributed by atoms with Crippen molar-refractivity contribution < 1.29 is 27.4 Å². The molecular formula is C20H23F3N6O4. The van der Waals surface area contributed by atoms with Gasteiger partial charge in [0.1, 0.15) is 5.52 Å². The summed E-state index contributed by atoms with van der Waals surface area (Å²) in [6.45, 7) is 2.65. The van der Waals surface area contributed by atoms with Gasteiger partial charge in [0, 0.05) is 19.6 Å². The van der Waals surface area contributed by atoms with Gasteiger partial charge in [-0.3, -0.25) is 9.13 Å². The normalized spacial score (nSPS) is 18.7. The zero-order chi connectivity index (χ0) is 23.8. The molecule has 0 bridgehead atoms. The van der Waals surface area contributed by atoms with Crippen LogP contribution in [0.1, 0.15) is 19.8 Å². The molecule has 2 aromatic heterocycles. The summed E-state index contributed by atoms with van der Waals surface area (Å²) in [6.07, 6.45) is -4.45. The van der Waals surface area contributed by atoms with Gasteiger partial charge in [-0.25, -0.2) is 9.59 Å². The van der Waals surface area contributed by atoms with Crippen molar-refractivity contribution >= 4 is 23.0 Å². The van der Waals surface area contributed by atoms with Crippen LogP contribution < -0.4 is 20.6 Å². The van der Waals surface area contributed by atoms with Crippen molar-refractivity contribution in [3.63, 3.8) is 0 Å². The SMILES string of the molecule is CC#CCn1c(=O)n(CC2CC2)c2nc(OC)nc(N3CCNCC3OC(=O)C(F)(F)F)c21. The lowest BCUT2D eigenvalue weighted by atomic mass is 10.3. The maximum Gasteiger partial charge on any atom is 0.491 e. The number of alkyl halides is 3. The molecule has 2 aromatic rings. The number of hydrogen-bond donors (Lipinski definition) is 1. The van der Waals surface area contributed by atoms with E-state index in [1.165, 1.54) is 21.1 Å². The highest BCUT2D eigenvalue weighted by atomic mass is 19.4. The van der Waals surface area contributed by atoms with Crippen molar-refractivity contribution in [2.24, 2.45) is 5.92 Å². The Balaban J connectivity index is 1.88. The molecule has 1 saturated carbocycles. The third kappa shape index (κ3) is 4.61. The first kappa shape index (κ1) is 22.9. The molecule has 2 fully saturated rings. The Hall–Kier alpha value is -3.27. The molecule has 1 saturated heterocycles. The summed E-state index contributed by atoms with van der Waals surface area (Å²) in [6, 6.07) is -0.0554. The topological polar surface area (TPSA) is 104 Å². The zero-order valence-electron chi connectivity index (χ0n) is 18.1. The fourth-order valence-corrected chi connectivity index (χ4v) is 3.71. The minimum atomic E-state index is -5.14. The first-order valence-corrected chi connectivity index (χ1v) is 10.4. The number of hydrogen-bond acceptors (Lipinski definition) is 8. The van der Waals surface area contributed by atoms with E-state index in [9.17, 15) is 22.8 Å². The summed E-state index contributed by atoms with van der Waals surface area (Å²) in [5.41, 5.74) is 0.257. The van der Waals surface area contributed by atoms with E-state index in [4.69, 9.17) is 9.47 Å². The van der Waals surface area contributed by atoms with Crippen LogP contribution in [0.4, 0.5) is 19.0 Å². The van der Waals surface area contributed by atoms with Crippen molar-refractivity contribution in [2.75, 3.05) is 31.6 Å². The summed E-state index contributed by atoms with van der Waals surface area (Å²) < 4.78 is 51.5. The Morgan fingerprint density at radius 1 is 1.27 bits per heavy atom. The second-order valence-corrected chi connectivity index (χ2v) is 7.81. The lowest BCUT2D eigenvalue weighted by molar-refractivity contribution is -0.205. The first-order chi connectivity index (χ1) is 15.7. The number of ether oxygens (including phenoxy) is 2. The van der Waals surface area contributed by atoms with E-state index in [2.05, 4.69) is 27.1 Å². The van der Waals surface area contributed by atoms with Gasteiger partial charge in [-0.15, -0.1) is 5.92 Å². The average Bonchev–Trinajstić information content (AvgIpc) is 3.57. The smallest absolute Gasteiger partial charge is 0.467 e. The van der Waals surface area contributed by atoms with Gasteiger partial charge in [0.15, 0.2) is 17.7 Å². The van der Waals surface area contributed by atoms with Crippen molar-refractivity contribution in [1.82, 2.24) is 24.4 Å². The molecule has 1 aliphatic carbocycles. The number of nitrogens with one attached hydrogen (secondary N) is 1. The summed E-state index contributed by atoms with van der Waals surface area (Å²) in [4.78, 5) is 35.0. The molecule has 13 heteroatoms. The minimum Gasteiger partial charge on any atom is -0.467 e. The van der Waals surface area contributed by atoms with Gasteiger partial charge >= 0.3 is 23.8 Å². The quantitative estimate of drug-likeness (QED) is 0.492. The van der Waals surface area contributed by atoms with Crippen molar-refractivity contribution in [2.45, 2.75) is 45.3 Å². The molecule has 1 aliphatic heterocycles. The molecule has 0 amide bonds. The lowest BCUT2D eigenvalue weighted by Gasteiger charge is -2.36. The number of imidazole rings is 1. The van der Waals surface area contributed by atoms with Crippen molar-refractivity contribution in [1.29, 1.82) is 0 Å². The van der Waals surface area contributed by atoms with Crippen LogP contribution in [0.3, 0.4) is 0 Å². The number of fused-ring (bicyclic) bond motifs is 1. The summed E-state index contributed by atoms with van der Waals surface area (Å²) >= 11 is 0. The second-order valence-electron chi connectivity index (χ2n) is 7.81. The summed E-state index contributed by atoms with van der Waals surface area (Å²) in [5, 5.41) is 2.91. The van der Waals surface area contributed by atoms with E-state index in [1.54, 1.807) is 6.92 Å². The van der Waals surface area contributed by atoms with Gasteiger partial charge in [-0.2, -0.15) is 23.1 Å². The molecule has 0 radical (unpaired) electrons. The molecule has 1 atom stereocenters.